The first-order valence-corrected chi connectivity index (χ1v) is 11.5. The molecule has 2 N–H and O–H groups in total. The molecular formula is C19H24FN3O3S2. The molecule has 0 spiro atoms. The summed E-state index contributed by atoms with van der Waals surface area (Å²) >= 11 is 1.19. The first kappa shape index (κ1) is 20.9. The minimum Gasteiger partial charge on any atom is -0.325 e. The van der Waals surface area contributed by atoms with Gasteiger partial charge in [0.25, 0.3) is 0 Å². The Bertz CT molecular complexity index is 924. The molecule has 9 heteroatoms. The van der Waals surface area contributed by atoms with Gasteiger partial charge in [0.2, 0.25) is 15.9 Å². The smallest absolute Gasteiger partial charge is 0.250 e. The average molecular weight is 426 g/mol. The van der Waals surface area contributed by atoms with Crippen LogP contribution in [0.2, 0.25) is 0 Å². The predicted molar refractivity (Wildman–Crippen MR) is 108 cm³/mol. The molecule has 6 nitrogen and oxygen atoms in total. The van der Waals surface area contributed by atoms with E-state index >= 15 is 0 Å². The molecular weight excluding hydrogens is 401 g/mol. The zero-order chi connectivity index (χ0) is 20.3. The number of thiophene rings is 1. The second kappa shape index (κ2) is 8.69. The fourth-order valence-electron chi connectivity index (χ4n) is 3.18. The first-order chi connectivity index (χ1) is 13.3. The van der Waals surface area contributed by atoms with Gasteiger partial charge in [-0.25, -0.2) is 17.5 Å². The van der Waals surface area contributed by atoms with E-state index in [1.54, 1.807) is 43.5 Å². The number of amides is 1. The van der Waals surface area contributed by atoms with E-state index in [4.69, 9.17) is 0 Å². The quantitative estimate of drug-likeness (QED) is 0.746. The minimum absolute atomic E-state index is 0.148. The van der Waals surface area contributed by atoms with Gasteiger partial charge in [-0.1, -0.05) is 12.1 Å². The maximum absolute atomic E-state index is 13.6. The lowest BCUT2D eigenvalue weighted by atomic mass is 10.0. The summed E-state index contributed by atoms with van der Waals surface area (Å²) in [4.78, 5) is 14.5. The Morgan fingerprint density at radius 1 is 1.29 bits per heavy atom. The van der Waals surface area contributed by atoms with Crippen LogP contribution in [0.25, 0.3) is 0 Å². The van der Waals surface area contributed by atoms with Gasteiger partial charge in [0, 0.05) is 24.8 Å². The van der Waals surface area contributed by atoms with Crippen LogP contribution < -0.4 is 10.0 Å². The molecule has 1 aliphatic heterocycles. The Morgan fingerprint density at radius 2 is 2.00 bits per heavy atom. The maximum atomic E-state index is 13.6. The number of aryl methyl sites for hydroxylation is 1. The third kappa shape index (κ3) is 4.96. The van der Waals surface area contributed by atoms with Crippen LogP contribution in [0.5, 0.6) is 0 Å². The molecule has 0 radical (unpaired) electrons. The topological polar surface area (TPSA) is 78.5 Å². The molecule has 1 aliphatic rings. The SMILES string of the molecule is Cc1ccc(NC(=O)[C@@H](C)N2CCC(NS(=O)(=O)c3cccs3)CC2)cc1F. The molecule has 2 heterocycles. The van der Waals surface area contributed by atoms with Crippen molar-refractivity contribution in [3.63, 3.8) is 0 Å². The van der Waals surface area contributed by atoms with E-state index in [9.17, 15) is 17.6 Å². The summed E-state index contributed by atoms with van der Waals surface area (Å²) in [5.41, 5.74) is 0.955. The van der Waals surface area contributed by atoms with Crippen LogP contribution in [0.4, 0.5) is 10.1 Å². The lowest BCUT2D eigenvalue weighted by Crippen LogP contribution is -2.50. The van der Waals surface area contributed by atoms with Crippen molar-refractivity contribution in [1.29, 1.82) is 0 Å². The Labute approximate surface area is 168 Å². The summed E-state index contributed by atoms with van der Waals surface area (Å²) < 4.78 is 41.4. The van der Waals surface area contributed by atoms with Gasteiger partial charge in [-0.3, -0.25) is 9.69 Å². The summed E-state index contributed by atoms with van der Waals surface area (Å²) in [6.07, 6.45) is 1.25. The van der Waals surface area contributed by atoms with Gasteiger partial charge in [0.1, 0.15) is 10.0 Å². The largest absolute Gasteiger partial charge is 0.325 e. The van der Waals surface area contributed by atoms with E-state index in [1.165, 1.54) is 17.4 Å². The lowest BCUT2D eigenvalue weighted by molar-refractivity contribution is -0.121. The number of carbonyl (C=O) groups is 1. The van der Waals surface area contributed by atoms with E-state index in [2.05, 4.69) is 10.0 Å². The Morgan fingerprint density at radius 3 is 2.61 bits per heavy atom. The number of benzene rings is 1. The standard InChI is InChI=1S/C19H24FN3O3S2/c1-13-5-6-16(12-17(13)20)21-19(24)14(2)23-9-7-15(8-10-23)22-28(25,26)18-4-3-11-27-18/h3-6,11-12,14-15,22H,7-10H2,1-2H3,(H,21,24)/t14-/m1/s1. The first-order valence-electron chi connectivity index (χ1n) is 9.13. The fourth-order valence-corrected chi connectivity index (χ4v) is 5.50. The number of piperidine rings is 1. The van der Waals surface area contributed by atoms with Crippen LogP contribution in [0.1, 0.15) is 25.3 Å². The van der Waals surface area contributed by atoms with Gasteiger partial charge in [0.05, 0.1) is 6.04 Å². The number of anilines is 1. The van der Waals surface area contributed by atoms with Crippen molar-refractivity contribution >= 4 is 33.0 Å². The van der Waals surface area contributed by atoms with Crippen LogP contribution in [0.3, 0.4) is 0 Å². The molecule has 0 aliphatic carbocycles. The highest BCUT2D eigenvalue weighted by Crippen LogP contribution is 2.20. The van der Waals surface area contributed by atoms with Crippen molar-refractivity contribution in [3.05, 3.63) is 47.1 Å². The summed E-state index contributed by atoms with van der Waals surface area (Å²) in [5, 5.41) is 4.48. The Hall–Kier alpha value is -1.81. The number of likely N-dealkylation sites (tertiary alicyclic amines) is 1. The van der Waals surface area contributed by atoms with Crippen molar-refractivity contribution in [2.24, 2.45) is 0 Å². The molecule has 1 atom stereocenters. The second-order valence-electron chi connectivity index (χ2n) is 6.99. The lowest BCUT2D eigenvalue weighted by Gasteiger charge is -2.35. The summed E-state index contributed by atoms with van der Waals surface area (Å²) in [6, 6.07) is 7.37. The maximum Gasteiger partial charge on any atom is 0.250 e. The van der Waals surface area contributed by atoms with E-state index < -0.39 is 10.0 Å². The van der Waals surface area contributed by atoms with Crippen LogP contribution in [0.15, 0.2) is 39.9 Å². The zero-order valence-electron chi connectivity index (χ0n) is 15.8. The van der Waals surface area contributed by atoms with E-state index in [0.717, 1.165) is 0 Å². The molecule has 1 fully saturated rings. The molecule has 2 aromatic rings. The van der Waals surface area contributed by atoms with Crippen molar-refractivity contribution in [2.45, 2.75) is 43.0 Å². The zero-order valence-corrected chi connectivity index (χ0v) is 17.4. The number of nitrogens with one attached hydrogen (secondary N) is 2. The van der Waals surface area contributed by atoms with E-state index in [-0.39, 0.29) is 23.8 Å². The van der Waals surface area contributed by atoms with Gasteiger partial charge in [-0.15, -0.1) is 11.3 Å². The minimum atomic E-state index is -3.48. The highest BCUT2D eigenvalue weighted by Gasteiger charge is 2.29. The van der Waals surface area contributed by atoms with Gasteiger partial charge in [-0.2, -0.15) is 0 Å². The van der Waals surface area contributed by atoms with Gasteiger partial charge >= 0.3 is 0 Å². The van der Waals surface area contributed by atoms with Crippen LogP contribution in [-0.4, -0.2) is 44.4 Å². The van der Waals surface area contributed by atoms with Crippen molar-refractivity contribution < 1.29 is 17.6 Å². The van der Waals surface area contributed by atoms with Crippen LogP contribution in [-0.2, 0) is 14.8 Å². The number of nitrogens with zero attached hydrogens (tertiary/aromatic N) is 1. The molecule has 1 amide bonds. The monoisotopic (exact) mass is 425 g/mol. The number of carbonyl (C=O) groups excluding carboxylic acids is 1. The number of hydrogen-bond acceptors (Lipinski definition) is 5. The van der Waals surface area contributed by atoms with Gasteiger partial charge in [-0.05, 0) is 55.8 Å². The van der Waals surface area contributed by atoms with E-state index in [1.807, 2.05) is 4.90 Å². The summed E-state index contributed by atoms with van der Waals surface area (Å²) in [5.74, 6) is -0.565. The molecule has 1 aromatic carbocycles. The van der Waals surface area contributed by atoms with E-state index in [0.29, 0.717) is 41.4 Å². The normalized spacial score (nSPS) is 17.4. The highest BCUT2D eigenvalue weighted by atomic mass is 32.2. The molecule has 1 saturated heterocycles. The third-order valence-corrected chi connectivity index (χ3v) is 7.90. The van der Waals surface area contributed by atoms with Gasteiger partial charge in [0.15, 0.2) is 0 Å². The Kier molecular flexibility index (Phi) is 6.49. The average Bonchev–Trinajstić information content (AvgIpc) is 3.20. The third-order valence-electron chi connectivity index (χ3n) is 4.98. The molecule has 28 heavy (non-hydrogen) atoms. The second-order valence-corrected chi connectivity index (χ2v) is 9.88. The van der Waals surface area contributed by atoms with Crippen LogP contribution in [0, 0.1) is 12.7 Å². The Balaban J connectivity index is 1.52. The number of sulfonamides is 1. The molecule has 1 aromatic heterocycles. The van der Waals surface area contributed by atoms with Crippen LogP contribution >= 0.6 is 11.3 Å². The predicted octanol–water partition coefficient (Wildman–Crippen LogP) is 2.97. The molecule has 152 valence electrons. The highest BCUT2D eigenvalue weighted by molar-refractivity contribution is 7.91. The summed E-state index contributed by atoms with van der Waals surface area (Å²) in [7, 11) is -3.48. The molecule has 0 unspecified atom stereocenters. The van der Waals surface area contributed by atoms with Crippen molar-refractivity contribution in [1.82, 2.24) is 9.62 Å². The molecule has 3 rings (SSSR count). The number of hydrogen-bond donors (Lipinski definition) is 2. The molecule has 0 bridgehead atoms. The van der Waals surface area contributed by atoms with Gasteiger partial charge < -0.3 is 5.32 Å². The number of halogens is 1. The van der Waals surface area contributed by atoms with Crippen molar-refractivity contribution in [3.8, 4) is 0 Å². The van der Waals surface area contributed by atoms with Crippen molar-refractivity contribution in [2.75, 3.05) is 18.4 Å². The fraction of sp³-hybridized carbons (Fsp3) is 0.421. The summed E-state index contributed by atoms with van der Waals surface area (Å²) in [6.45, 7) is 4.68. The number of rotatable bonds is 6. The molecule has 0 saturated carbocycles.